The van der Waals surface area contributed by atoms with Crippen molar-refractivity contribution in [2.45, 2.75) is 17.0 Å². The second-order valence-corrected chi connectivity index (χ2v) is 10.9. The smallest absolute Gasteiger partial charge is 0.243 e. The fraction of sp³-hybridized carbons (Fsp3) is 0.600. The molecule has 3 rings (SSSR count). The highest BCUT2D eigenvalue weighted by Gasteiger charge is 2.41. The van der Waals surface area contributed by atoms with E-state index in [4.69, 9.17) is 16.3 Å². The van der Waals surface area contributed by atoms with Crippen LogP contribution in [0.15, 0.2) is 23.1 Å². The second kappa shape index (κ2) is 7.25. The zero-order chi connectivity index (χ0) is 19.1. The summed E-state index contributed by atoms with van der Waals surface area (Å²) in [6.45, 7) is 1.16. The topological polar surface area (TPSA) is 104 Å². The van der Waals surface area contributed by atoms with Crippen molar-refractivity contribution in [3.05, 3.63) is 23.2 Å². The number of sulfone groups is 1. The van der Waals surface area contributed by atoms with Crippen LogP contribution in [0.4, 0.5) is 0 Å². The molecule has 1 aromatic rings. The third-order valence-electron chi connectivity index (χ3n) is 4.80. The molecular formula is C15H21ClN2O6S2. The number of halogens is 1. The van der Waals surface area contributed by atoms with Gasteiger partial charge < -0.3 is 9.84 Å². The zero-order valence-corrected chi connectivity index (χ0v) is 16.6. The van der Waals surface area contributed by atoms with Crippen LogP contribution in [-0.4, -0.2) is 88.1 Å². The first-order valence-corrected chi connectivity index (χ1v) is 11.7. The Hall–Kier alpha value is -0.910. The fourth-order valence-electron chi connectivity index (χ4n) is 3.39. The number of methoxy groups -OCH3 is 1. The lowest BCUT2D eigenvalue weighted by Gasteiger charge is -2.37. The monoisotopic (exact) mass is 424 g/mol. The van der Waals surface area contributed by atoms with Crippen LogP contribution in [0, 0.1) is 0 Å². The van der Waals surface area contributed by atoms with Gasteiger partial charge >= 0.3 is 0 Å². The van der Waals surface area contributed by atoms with Crippen molar-refractivity contribution in [1.82, 2.24) is 9.21 Å². The Bertz CT molecular complexity index is 881. The summed E-state index contributed by atoms with van der Waals surface area (Å²) >= 11 is 6.03. The summed E-state index contributed by atoms with van der Waals surface area (Å²) in [4.78, 5) is 1.93. The van der Waals surface area contributed by atoms with Gasteiger partial charge in [0.2, 0.25) is 10.0 Å². The van der Waals surface area contributed by atoms with Gasteiger partial charge in [0.1, 0.15) is 5.75 Å². The van der Waals surface area contributed by atoms with Gasteiger partial charge in [-0.1, -0.05) is 11.6 Å². The lowest BCUT2D eigenvalue weighted by Crippen LogP contribution is -2.54. The summed E-state index contributed by atoms with van der Waals surface area (Å²) < 4.78 is 55.3. The van der Waals surface area contributed by atoms with Crippen LogP contribution < -0.4 is 4.74 Å². The third kappa shape index (κ3) is 3.85. The molecule has 2 saturated heterocycles. The summed E-state index contributed by atoms with van der Waals surface area (Å²) in [7, 11) is -5.50. The van der Waals surface area contributed by atoms with Gasteiger partial charge in [0, 0.05) is 26.2 Å². The Morgan fingerprint density at radius 3 is 2.35 bits per heavy atom. The minimum atomic E-state index is -3.71. The average molecular weight is 425 g/mol. The molecule has 2 aliphatic heterocycles. The van der Waals surface area contributed by atoms with E-state index >= 15 is 0 Å². The molecule has 0 spiro atoms. The number of hydrogen-bond donors (Lipinski definition) is 1. The summed E-state index contributed by atoms with van der Waals surface area (Å²) in [5.41, 5.74) is 0. The van der Waals surface area contributed by atoms with E-state index in [0.29, 0.717) is 18.8 Å². The van der Waals surface area contributed by atoms with Crippen LogP contribution >= 0.6 is 11.6 Å². The van der Waals surface area contributed by atoms with Gasteiger partial charge in [0.05, 0.1) is 40.7 Å². The van der Waals surface area contributed by atoms with Crippen molar-refractivity contribution in [2.24, 2.45) is 0 Å². The van der Waals surface area contributed by atoms with Crippen LogP contribution in [0.1, 0.15) is 0 Å². The predicted molar refractivity (Wildman–Crippen MR) is 96.8 cm³/mol. The number of nitrogens with zero attached hydrogens (tertiary/aromatic N) is 2. The number of ether oxygens (including phenoxy) is 1. The van der Waals surface area contributed by atoms with Gasteiger partial charge in [-0.3, -0.25) is 4.90 Å². The highest BCUT2D eigenvalue weighted by molar-refractivity contribution is 7.91. The molecule has 26 heavy (non-hydrogen) atoms. The van der Waals surface area contributed by atoms with Crippen molar-refractivity contribution >= 4 is 31.5 Å². The highest BCUT2D eigenvalue weighted by atomic mass is 35.5. The number of benzene rings is 1. The molecule has 8 nitrogen and oxygen atoms in total. The van der Waals surface area contributed by atoms with Gasteiger partial charge in [0.25, 0.3) is 0 Å². The number of sulfonamides is 1. The number of hydrogen-bond acceptors (Lipinski definition) is 7. The van der Waals surface area contributed by atoms with E-state index in [9.17, 15) is 21.9 Å². The van der Waals surface area contributed by atoms with E-state index in [0.717, 1.165) is 0 Å². The molecule has 2 atom stereocenters. The molecule has 0 radical (unpaired) electrons. The maximum Gasteiger partial charge on any atom is 0.243 e. The van der Waals surface area contributed by atoms with Gasteiger partial charge in [-0.2, -0.15) is 4.31 Å². The highest BCUT2D eigenvalue weighted by Crippen LogP contribution is 2.29. The molecule has 0 amide bonds. The molecule has 0 bridgehead atoms. The Balaban J connectivity index is 1.70. The molecule has 146 valence electrons. The molecule has 2 fully saturated rings. The van der Waals surface area contributed by atoms with Crippen molar-refractivity contribution in [1.29, 1.82) is 0 Å². The largest absolute Gasteiger partial charge is 0.495 e. The van der Waals surface area contributed by atoms with E-state index < -0.39 is 32.0 Å². The fourth-order valence-corrected chi connectivity index (χ4v) is 6.99. The van der Waals surface area contributed by atoms with Gasteiger partial charge in [-0.05, 0) is 18.2 Å². The van der Waals surface area contributed by atoms with Gasteiger partial charge in [0.15, 0.2) is 9.84 Å². The Labute approximate surface area is 158 Å². The maximum absolute atomic E-state index is 12.8. The molecule has 0 aliphatic carbocycles. The number of piperazine rings is 1. The standard InChI is InChI=1S/C15H21ClN2O6S2/c1-24-15-3-2-11(8-12(15)16)26(22,23)18-6-4-17(5-7-18)13-9-25(20,21)10-14(13)19/h2-3,8,13-14,19H,4-7,9-10H2,1H3/t13-,14-/m0/s1. The summed E-state index contributed by atoms with van der Waals surface area (Å²) in [6, 6.07) is 3.83. The quantitative estimate of drug-likeness (QED) is 0.714. The predicted octanol–water partition coefficient (Wildman–Crippen LogP) is -0.187. The van der Waals surface area contributed by atoms with Crippen LogP contribution in [0.5, 0.6) is 5.75 Å². The summed E-state index contributed by atoms with van der Waals surface area (Å²) in [5.74, 6) is 0.0714. The van der Waals surface area contributed by atoms with Crippen LogP contribution in [0.2, 0.25) is 5.02 Å². The van der Waals surface area contributed by atoms with E-state index in [1.165, 1.54) is 29.6 Å². The molecule has 0 saturated carbocycles. The molecule has 0 aromatic heterocycles. The lowest BCUT2D eigenvalue weighted by atomic mass is 10.1. The summed E-state index contributed by atoms with van der Waals surface area (Å²) in [6.07, 6.45) is -0.927. The summed E-state index contributed by atoms with van der Waals surface area (Å²) in [5, 5.41) is 10.2. The minimum absolute atomic E-state index is 0.0835. The van der Waals surface area contributed by atoms with Gasteiger partial charge in [-0.15, -0.1) is 0 Å². The van der Waals surface area contributed by atoms with E-state index in [1.54, 1.807) is 0 Å². The van der Waals surface area contributed by atoms with Crippen LogP contribution in [0.3, 0.4) is 0 Å². The Morgan fingerprint density at radius 2 is 1.85 bits per heavy atom. The van der Waals surface area contributed by atoms with E-state index in [-0.39, 0.29) is 34.5 Å². The minimum Gasteiger partial charge on any atom is -0.495 e. The molecule has 2 aliphatic rings. The molecule has 2 heterocycles. The number of rotatable bonds is 4. The zero-order valence-electron chi connectivity index (χ0n) is 14.2. The lowest BCUT2D eigenvalue weighted by molar-refractivity contribution is 0.0618. The van der Waals surface area contributed by atoms with Crippen molar-refractivity contribution in [2.75, 3.05) is 44.8 Å². The van der Waals surface area contributed by atoms with Crippen LogP contribution in [-0.2, 0) is 19.9 Å². The molecule has 11 heteroatoms. The van der Waals surface area contributed by atoms with Crippen molar-refractivity contribution in [3.8, 4) is 5.75 Å². The maximum atomic E-state index is 12.8. The second-order valence-electron chi connectivity index (χ2n) is 6.45. The molecule has 1 N–H and O–H groups in total. The molecule has 1 aromatic carbocycles. The first kappa shape index (κ1) is 19.8. The van der Waals surface area contributed by atoms with E-state index in [2.05, 4.69) is 0 Å². The van der Waals surface area contributed by atoms with Gasteiger partial charge in [-0.25, -0.2) is 16.8 Å². The first-order chi connectivity index (χ1) is 12.1. The number of aliphatic hydroxyl groups is 1. The van der Waals surface area contributed by atoms with Crippen molar-refractivity contribution < 1.29 is 26.7 Å². The average Bonchev–Trinajstić information content (AvgIpc) is 2.87. The SMILES string of the molecule is COc1ccc(S(=O)(=O)N2CCN([C@H]3CS(=O)(=O)C[C@@H]3O)CC2)cc1Cl. The third-order valence-corrected chi connectivity index (χ3v) is 8.69. The molecular weight excluding hydrogens is 404 g/mol. The van der Waals surface area contributed by atoms with Crippen molar-refractivity contribution in [3.63, 3.8) is 0 Å². The molecule has 0 unspecified atom stereocenters. The van der Waals surface area contributed by atoms with Crippen LogP contribution in [0.25, 0.3) is 0 Å². The van der Waals surface area contributed by atoms with E-state index in [1.807, 2.05) is 4.90 Å². The Morgan fingerprint density at radius 1 is 1.19 bits per heavy atom. The normalized spacial score (nSPS) is 27.5. The first-order valence-electron chi connectivity index (χ1n) is 8.10. The number of aliphatic hydroxyl groups excluding tert-OH is 1. The Kier molecular flexibility index (Phi) is 5.53.